The minimum atomic E-state index is -3.92. The quantitative estimate of drug-likeness (QED) is 0.109. The van der Waals surface area contributed by atoms with Gasteiger partial charge in [0.1, 0.15) is 0 Å². The number of sulfonamides is 1. The molecule has 0 aliphatic heterocycles. The van der Waals surface area contributed by atoms with Gasteiger partial charge in [-0.1, -0.05) is 42.8 Å². The SMILES string of the molecule is C#CCN([C@@H](c1ccc(C(=O)OC)cc1)[C@@H](CN=[N+]=[N-])C(=O)OC)S(=O)(=O)CC[Si](C)(C)C. The number of azide groups is 1. The maximum Gasteiger partial charge on any atom is 0.337 e. The second kappa shape index (κ2) is 12.4. The number of hydrogen-bond donors (Lipinski definition) is 0. The third kappa shape index (κ3) is 8.22. The van der Waals surface area contributed by atoms with E-state index in [1.807, 2.05) is 0 Å². The van der Waals surface area contributed by atoms with Crippen molar-refractivity contribution in [1.29, 1.82) is 0 Å². The van der Waals surface area contributed by atoms with Crippen molar-refractivity contribution in [3.05, 3.63) is 45.8 Å². The van der Waals surface area contributed by atoms with E-state index in [1.165, 1.54) is 31.4 Å². The van der Waals surface area contributed by atoms with Gasteiger partial charge in [0.15, 0.2) is 0 Å². The molecule has 0 aliphatic carbocycles. The molecule has 0 amide bonds. The summed E-state index contributed by atoms with van der Waals surface area (Å²) in [5, 5.41) is 3.50. The average Bonchev–Trinajstić information content (AvgIpc) is 2.78. The second-order valence-corrected chi connectivity index (χ2v) is 16.1. The molecule has 1 aromatic rings. The highest BCUT2D eigenvalue weighted by atomic mass is 32.2. The maximum atomic E-state index is 13.4. The normalized spacial score (nSPS) is 13.4. The summed E-state index contributed by atoms with van der Waals surface area (Å²) in [6, 6.07) is 5.32. The molecule has 0 spiro atoms. The van der Waals surface area contributed by atoms with Crippen LogP contribution in [-0.4, -0.2) is 65.8 Å². The highest BCUT2D eigenvalue weighted by Crippen LogP contribution is 2.33. The van der Waals surface area contributed by atoms with Gasteiger partial charge in [0.25, 0.3) is 0 Å². The van der Waals surface area contributed by atoms with Crippen LogP contribution in [0.2, 0.25) is 25.7 Å². The molecule has 2 atom stereocenters. The first kappa shape index (κ1) is 28.2. The number of hydrogen-bond acceptors (Lipinski definition) is 7. The van der Waals surface area contributed by atoms with Gasteiger partial charge < -0.3 is 9.47 Å². The van der Waals surface area contributed by atoms with Crippen LogP contribution < -0.4 is 0 Å². The van der Waals surface area contributed by atoms with Crippen molar-refractivity contribution in [2.24, 2.45) is 11.0 Å². The number of carbonyl (C=O) groups excluding carboxylic acids is 2. The predicted octanol–water partition coefficient (Wildman–Crippen LogP) is 3.22. The van der Waals surface area contributed by atoms with Crippen molar-refractivity contribution in [2.45, 2.75) is 31.7 Å². The molecule has 0 unspecified atom stereocenters. The summed E-state index contributed by atoms with van der Waals surface area (Å²) in [6.07, 6.45) is 5.51. The lowest BCUT2D eigenvalue weighted by Crippen LogP contribution is -2.44. The number of esters is 2. The zero-order chi connectivity index (χ0) is 25.2. The van der Waals surface area contributed by atoms with E-state index in [9.17, 15) is 18.0 Å². The number of benzene rings is 1. The monoisotopic (exact) mass is 494 g/mol. The molecule has 0 saturated heterocycles. The van der Waals surface area contributed by atoms with Crippen molar-refractivity contribution in [3.8, 4) is 12.3 Å². The molecule has 10 nitrogen and oxygen atoms in total. The summed E-state index contributed by atoms with van der Waals surface area (Å²) < 4.78 is 37.5. The number of carbonyl (C=O) groups is 2. The van der Waals surface area contributed by atoms with Gasteiger partial charge in [0, 0.05) is 19.5 Å². The number of methoxy groups -OCH3 is 2. The first-order valence-electron chi connectivity index (χ1n) is 10.1. The molecule has 0 radical (unpaired) electrons. The average molecular weight is 495 g/mol. The fourth-order valence-corrected chi connectivity index (χ4v) is 7.73. The van der Waals surface area contributed by atoms with Crippen molar-refractivity contribution in [2.75, 3.05) is 33.1 Å². The lowest BCUT2D eigenvalue weighted by Gasteiger charge is -2.34. The molecule has 0 saturated carbocycles. The molecular weight excluding hydrogens is 464 g/mol. The van der Waals surface area contributed by atoms with Crippen LogP contribution in [0.4, 0.5) is 0 Å². The van der Waals surface area contributed by atoms with Crippen molar-refractivity contribution in [1.82, 2.24) is 4.31 Å². The molecule has 0 heterocycles. The van der Waals surface area contributed by atoms with Crippen LogP contribution in [0.25, 0.3) is 10.4 Å². The molecule has 0 aromatic heterocycles. The topological polar surface area (TPSA) is 139 Å². The Morgan fingerprint density at radius 1 is 1.21 bits per heavy atom. The number of ether oxygens (including phenoxy) is 2. The third-order valence-corrected chi connectivity index (χ3v) is 8.83. The fourth-order valence-electron chi connectivity index (χ4n) is 3.12. The van der Waals surface area contributed by atoms with Gasteiger partial charge >= 0.3 is 11.9 Å². The van der Waals surface area contributed by atoms with Crippen molar-refractivity contribution >= 4 is 30.0 Å². The van der Waals surface area contributed by atoms with Gasteiger partial charge in [-0.25, -0.2) is 13.2 Å². The standard InChI is InChI=1S/C21H30N4O6SSi/c1-7-12-25(32(28,29)13-14-33(4,5)6)19(18(15-23-24-22)21(27)31-3)16-8-10-17(11-9-16)20(26)30-2/h1,8-11,18-19H,12-15H2,2-6H3/t18-,19+/m1/s1. The summed E-state index contributed by atoms with van der Waals surface area (Å²) in [6.45, 7) is 5.50. The Labute approximate surface area is 195 Å². The van der Waals surface area contributed by atoms with Crippen LogP contribution in [0.1, 0.15) is 22.0 Å². The molecule has 0 aliphatic rings. The van der Waals surface area contributed by atoms with Gasteiger partial charge in [-0.05, 0) is 29.3 Å². The van der Waals surface area contributed by atoms with E-state index in [1.54, 1.807) is 0 Å². The number of nitrogens with zero attached hydrogens (tertiary/aromatic N) is 4. The Hall–Kier alpha value is -2.84. The van der Waals surface area contributed by atoms with E-state index in [0.717, 1.165) is 11.4 Å². The predicted molar refractivity (Wildman–Crippen MR) is 128 cm³/mol. The first-order chi connectivity index (χ1) is 15.4. The zero-order valence-corrected chi connectivity index (χ0v) is 21.3. The molecule has 33 heavy (non-hydrogen) atoms. The van der Waals surface area contributed by atoms with Gasteiger partial charge in [0.2, 0.25) is 10.0 Å². The third-order valence-electron chi connectivity index (χ3n) is 4.92. The second-order valence-electron chi connectivity index (χ2n) is 8.48. The summed E-state index contributed by atoms with van der Waals surface area (Å²) in [5.74, 6) is -0.275. The van der Waals surface area contributed by atoms with Gasteiger partial charge in [-0.2, -0.15) is 4.31 Å². The molecule has 180 valence electrons. The van der Waals surface area contributed by atoms with Crippen molar-refractivity contribution in [3.63, 3.8) is 0 Å². The van der Waals surface area contributed by atoms with E-state index in [2.05, 4.69) is 35.6 Å². The zero-order valence-electron chi connectivity index (χ0n) is 19.5. The summed E-state index contributed by atoms with van der Waals surface area (Å²) in [7, 11) is -3.23. The van der Waals surface area contributed by atoms with E-state index >= 15 is 0 Å². The summed E-state index contributed by atoms with van der Waals surface area (Å²) in [5.41, 5.74) is 9.45. The number of terminal acetylenes is 1. The van der Waals surface area contributed by atoms with Gasteiger partial charge in [-0.15, -0.1) is 6.42 Å². The van der Waals surface area contributed by atoms with Crippen LogP contribution in [0.5, 0.6) is 0 Å². The van der Waals surface area contributed by atoms with E-state index in [0.29, 0.717) is 11.6 Å². The van der Waals surface area contributed by atoms with Gasteiger partial charge in [0.05, 0.1) is 44.0 Å². The minimum absolute atomic E-state index is 0.142. The van der Waals surface area contributed by atoms with Gasteiger partial charge in [-0.3, -0.25) is 4.79 Å². The fraction of sp³-hybridized carbons (Fsp3) is 0.524. The molecule has 0 N–H and O–H groups in total. The maximum absolute atomic E-state index is 13.4. The first-order valence-corrected chi connectivity index (χ1v) is 15.4. The molecule has 1 aromatic carbocycles. The Balaban J connectivity index is 3.67. The smallest absolute Gasteiger partial charge is 0.337 e. The minimum Gasteiger partial charge on any atom is -0.469 e. The van der Waals surface area contributed by atoms with E-state index in [4.69, 9.17) is 21.4 Å². The molecular formula is C21H30N4O6SSi. The molecule has 0 fully saturated rings. The Bertz CT molecular complexity index is 1020. The van der Waals surface area contributed by atoms with Crippen LogP contribution in [0, 0.1) is 18.3 Å². The number of rotatable bonds is 12. The highest BCUT2D eigenvalue weighted by molar-refractivity contribution is 7.89. The molecule has 1 rings (SSSR count). The lowest BCUT2D eigenvalue weighted by molar-refractivity contribution is -0.147. The van der Waals surface area contributed by atoms with E-state index in [-0.39, 0.29) is 24.4 Å². The Morgan fingerprint density at radius 2 is 1.82 bits per heavy atom. The summed E-state index contributed by atoms with van der Waals surface area (Å²) >= 11 is 0. The molecule has 0 bridgehead atoms. The summed E-state index contributed by atoms with van der Waals surface area (Å²) in [4.78, 5) is 27.2. The van der Waals surface area contributed by atoms with Crippen LogP contribution in [0.3, 0.4) is 0 Å². The highest BCUT2D eigenvalue weighted by Gasteiger charge is 2.40. The molecule has 12 heteroatoms. The van der Waals surface area contributed by atoms with Crippen LogP contribution in [-0.2, 0) is 24.3 Å². The Kier molecular flexibility index (Phi) is 10.6. The van der Waals surface area contributed by atoms with Crippen molar-refractivity contribution < 1.29 is 27.5 Å². The lowest BCUT2D eigenvalue weighted by atomic mass is 9.92. The van der Waals surface area contributed by atoms with Crippen LogP contribution in [0.15, 0.2) is 29.4 Å². The van der Waals surface area contributed by atoms with Crippen LogP contribution >= 0.6 is 0 Å². The largest absolute Gasteiger partial charge is 0.469 e. The van der Waals surface area contributed by atoms with E-state index < -0.39 is 42.0 Å². The Morgan fingerprint density at radius 3 is 2.27 bits per heavy atom.